The number of carbonyl (C=O) groups is 2. The van der Waals surface area contributed by atoms with Crippen molar-refractivity contribution in [2.45, 2.75) is 25.2 Å². The Morgan fingerprint density at radius 1 is 1.00 bits per heavy atom. The van der Waals surface area contributed by atoms with Crippen molar-refractivity contribution in [3.63, 3.8) is 0 Å². The summed E-state index contributed by atoms with van der Waals surface area (Å²) in [6, 6.07) is 9.62. The normalized spacial score (nSPS) is 13.4. The van der Waals surface area contributed by atoms with E-state index in [9.17, 15) is 18.0 Å². The molecule has 0 radical (unpaired) electrons. The highest BCUT2D eigenvalue weighted by atomic mass is 32.2. The number of fused-ring (bicyclic) bond motifs is 1. The SMILES string of the molecule is Cc1ccc(C(=O)NNC(=O)CN(C)S(=O)(=O)c2ccc3c(c2)OCCCO3)c(C)c1. The molecule has 0 aromatic heterocycles. The Kier molecular flexibility index (Phi) is 6.81. The summed E-state index contributed by atoms with van der Waals surface area (Å²) in [5.74, 6) is -0.346. The van der Waals surface area contributed by atoms with Gasteiger partial charge in [0.15, 0.2) is 11.5 Å². The molecule has 0 spiro atoms. The Bertz CT molecular complexity index is 1100. The molecule has 2 N–H and O–H groups in total. The van der Waals surface area contributed by atoms with Gasteiger partial charge in [-0.2, -0.15) is 4.31 Å². The van der Waals surface area contributed by atoms with Crippen molar-refractivity contribution in [1.29, 1.82) is 0 Å². The van der Waals surface area contributed by atoms with E-state index < -0.39 is 28.4 Å². The zero-order chi connectivity index (χ0) is 22.6. The average Bonchev–Trinajstić information content (AvgIpc) is 2.96. The number of benzene rings is 2. The van der Waals surface area contributed by atoms with Gasteiger partial charge in [-0.3, -0.25) is 20.4 Å². The number of likely N-dealkylation sites (N-methyl/N-ethyl adjacent to an activating group) is 1. The molecule has 2 aromatic carbocycles. The quantitative estimate of drug-likeness (QED) is 0.673. The summed E-state index contributed by atoms with van der Waals surface area (Å²) in [7, 11) is -2.68. The highest BCUT2D eigenvalue weighted by Gasteiger charge is 2.25. The number of nitrogens with zero attached hydrogens (tertiary/aromatic N) is 1. The lowest BCUT2D eigenvalue weighted by molar-refractivity contribution is -0.121. The summed E-state index contributed by atoms with van der Waals surface area (Å²) in [6.45, 7) is 4.14. The summed E-state index contributed by atoms with van der Waals surface area (Å²) < 4.78 is 37.6. The predicted molar refractivity (Wildman–Crippen MR) is 113 cm³/mol. The number of ether oxygens (including phenoxy) is 2. The Morgan fingerprint density at radius 2 is 1.71 bits per heavy atom. The molecule has 0 fully saturated rings. The summed E-state index contributed by atoms with van der Waals surface area (Å²) in [6.07, 6.45) is 0.699. The molecule has 0 atom stereocenters. The number of nitrogens with one attached hydrogen (secondary N) is 2. The second-order valence-electron chi connectivity index (χ2n) is 7.24. The third-order valence-electron chi connectivity index (χ3n) is 4.74. The number of carbonyl (C=O) groups excluding carboxylic acids is 2. The van der Waals surface area contributed by atoms with Gasteiger partial charge in [0.25, 0.3) is 11.8 Å². The molecule has 10 heteroatoms. The van der Waals surface area contributed by atoms with Gasteiger partial charge >= 0.3 is 0 Å². The van der Waals surface area contributed by atoms with Crippen LogP contribution in [-0.2, 0) is 14.8 Å². The zero-order valence-corrected chi connectivity index (χ0v) is 18.4. The fourth-order valence-electron chi connectivity index (χ4n) is 3.07. The monoisotopic (exact) mass is 447 g/mol. The van der Waals surface area contributed by atoms with Gasteiger partial charge < -0.3 is 9.47 Å². The van der Waals surface area contributed by atoms with E-state index in [-0.39, 0.29) is 4.90 Å². The molecule has 0 unspecified atom stereocenters. The lowest BCUT2D eigenvalue weighted by Gasteiger charge is -2.18. The maximum absolute atomic E-state index is 12.8. The number of amides is 2. The van der Waals surface area contributed by atoms with E-state index in [2.05, 4.69) is 10.9 Å². The molecule has 0 aliphatic carbocycles. The molecule has 9 nitrogen and oxygen atoms in total. The fourth-order valence-corrected chi connectivity index (χ4v) is 4.22. The lowest BCUT2D eigenvalue weighted by Crippen LogP contribution is -2.46. The van der Waals surface area contributed by atoms with E-state index in [4.69, 9.17) is 9.47 Å². The first-order valence-corrected chi connectivity index (χ1v) is 11.1. The van der Waals surface area contributed by atoms with Crippen molar-refractivity contribution in [3.8, 4) is 11.5 Å². The molecule has 0 bridgehead atoms. The molecule has 2 aromatic rings. The van der Waals surface area contributed by atoms with Crippen LogP contribution in [0.1, 0.15) is 27.9 Å². The van der Waals surface area contributed by atoms with Crippen LogP contribution >= 0.6 is 0 Å². The van der Waals surface area contributed by atoms with Crippen LogP contribution in [-0.4, -0.2) is 51.3 Å². The molecule has 3 rings (SSSR count). The minimum atomic E-state index is -3.96. The minimum absolute atomic E-state index is 0.0219. The van der Waals surface area contributed by atoms with Crippen molar-refractivity contribution >= 4 is 21.8 Å². The van der Waals surface area contributed by atoms with Crippen molar-refractivity contribution in [2.75, 3.05) is 26.8 Å². The van der Waals surface area contributed by atoms with E-state index in [1.54, 1.807) is 19.1 Å². The van der Waals surface area contributed by atoms with E-state index in [1.165, 1.54) is 25.2 Å². The molecule has 1 aliphatic heterocycles. The largest absolute Gasteiger partial charge is 0.490 e. The van der Waals surface area contributed by atoms with Crippen LogP contribution in [0.15, 0.2) is 41.3 Å². The first kappa shape index (κ1) is 22.6. The molecular formula is C21H25N3O6S. The second-order valence-corrected chi connectivity index (χ2v) is 9.29. The van der Waals surface area contributed by atoms with E-state index in [0.717, 1.165) is 15.4 Å². The van der Waals surface area contributed by atoms with E-state index in [0.29, 0.717) is 36.7 Å². The molecular weight excluding hydrogens is 422 g/mol. The third kappa shape index (κ3) is 5.33. The maximum Gasteiger partial charge on any atom is 0.269 e. The van der Waals surface area contributed by atoms with Crippen molar-refractivity contribution in [3.05, 3.63) is 53.1 Å². The number of aryl methyl sites for hydroxylation is 2. The van der Waals surface area contributed by atoms with Crippen molar-refractivity contribution < 1.29 is 27.5 Å². The predicted octanol–water partition coefficient (Wildman–Crippen LogP) is 1.55. The molecule has 1 aliphatic rings. The Hall–Kier alpha value is -3.11. The molecule has 0 saturated carbocycles. The van der Waals surface area contributed by atoms with Crippen molar-refractivity contribution in [1.82, 2.24) is 15.2 Å². The summed E-state index contributed by atoms with van der Waals surface area (Å²) in [5, 5.41) is 0. The zero-order valence-electron chi connectivity index (χ0n) is 17.6. The molecule has 166 valence electrons. The molecule has 1 heterocycles. The van der Waals surface area contributed by atoms with E-state index in [1.807, 2.05) is 13.0 Å². The van der Waals surface area contributed by atoms with Crippen molar-refractivity contribution in [2.24, 2.45) is 0 Å². The van der Waals surface area contributed by atoms with Crippen LogP contribution in [0.4, 0.5) is 0 Å². The third-order valence-corrected chi connectivity index (χ3v) is 6.53. The van der Waals surface area contributed by atoms with Gasteiger partial charge in [0.05, 0.1) is 24.7 Å². The number of hydrogen-bond donors (Lipinski definition) is 2. The highest BCUT2D eigenvalue weighted by molar-refractivity contribution is 7.89. The van der Waals surface area contributed by atoms with Crippen LogP contribution < -0.4 is 20.3 Å². The van der Waals surface area contributed by atoms with Gasteiger partial charge in [-0.05, 0) is 37.6 Å². The van der Waals surface area contributed by atoms with Crippen LogP contribution in [0.25, 0.3) is 0 Å². The van der Waals surface area contributed by atoms with Crippen LogP contribution in [0.3, 0.4) is 0 Å². The van der Waals surface area contributed by atoms with Crippen LogP contribution in [0.5, 0.6) is 11.5 Å². The average molecular weight is 448 g/mol. The standard InChI is InChI=1S/C21H25N3O6S/c1-14-5-7-17(15(2)11-14)21(26)23-22-20(25)13-24(3)31(27,28)16-6-8-18-19(12-16)30-10-4-9-29-18/h5-8,11-12H,4,9-10,13H2,1-3H3,(H,22,25)(H,23,26). The second kappa shape index (κ2) is 9.36. The topological polar surface area (TPSA) is 114 Å². The number of hydrogen-bond acceptors (Lipinski definition) is 6. The Morgan fingerprint density at radius 3 is 2.42 bits per heavy atom. The number of hydrazine groups is 1. The molecule has 0 saturated heterocycles. The molecule has 2 amide bonds. The first-order valence-electron chi connectivity index (χ1n) is 9.71. The van der Waals surface area contributed by atoms with Crippen LogP contribution in [0.2, 0.25) is 0 Å². The van der Waals surface area contributed by atoms with E-state index >= 15 is 0 Å². The minimum Gasteiger partial charge on any atom is -0.490 e. The lowest BCUT2D eigenvalue weighted by atomic mass is 10.1. The summed E-state index contributed by atoms with van der Waals surface area (Å²) in [5.41, 5.74) is 6.75. The van der Waals surface area contributed by atoms with Gasteiger partial charge in [0.1, 0.15) is 0 Å². The van der Waals surface area contributed by atoms with Gasteiger partial charge in [0.2, 0.25) is 10.0 Å². The number of rotatable bonds is 5. The van der Waals surface area contributed by atoms with Gasteiger partial charge in [0, 0.05) is 25.1 Å². The van der Waals surface area contributed by atoms with Gasteiger partial charge in [-0.25, -0.2) is 8.42 Å². The highest BCUT2D eigenvalue weighted by Crippen LogP contribution is 2.32. The summed E-state index contributed by atoms with van der Waals surface area (Å²) >= 11 is 0. The van der Waals surface area contributed by atoms with Gasteiger partial charge in [-0.1, -0.05) is 17.7 Å². The molecule has 31 heavy (non-hydrogen) atoms. The summed E-state index contributed by atoms with van der Waals surface area (Å²) in [4.78, 5) is 24.5. The maximum atomic E-state index is 12.8. The fraction of sp³-hybridized carbons (Fsp3) is 0.333. The smallest absolute Gasteiger partial charge is 0.269 e. The first-order chi connectivity index (χ1) is 14.7. The van der Waals surface area contributed by atoms with Crippen LogP contribution in [0, 0.1) is 13.8 Å². The Balaban J connectivity index is 1.62. The number of sulfonamides is 1. The van der Waals surface area contributed by atoms with Gasteiger partial charge in [-0.15, -0.1) is 0 Å². The Labute approximate surface area is 181 Å².